The van der Waals surface area contributed by atoms with Crippen molar-refractivity contribution in [1.29, 1.82) is 0 Å². The zero-order valence-electron chi connectivity index (χ0n) is 15.0. The van der Waals surface area contributed by atoms with Crippen molar-refractivity contribution < 1.29 is 4.74 Å². The van der Waals surface area contributed by atoms with Crippen molar-refractivity contribution in [2.24, 2.45) is 4.99 Å². The van der Waals surface area contributed by atoms with E-state index in [1.54, 1.807) is 0 Å². The number of likely N-dealkylation sites (tertiary alicyclic amines) is 1. The molecule has 0 spiro atoms. The van der Waals surface area contributed by atoms with Crippen molar-refractivity contribution in [3.8, 4) is 0 Å². The van der Waals surface area contributed by atoms with Crippen LogP contribution in [0.25, 0.3) is 0 Å². The maximum Gasteiger partial charge on any atom is 0.193 e. The van der Waals surface area contributed by atoms with Crippen LogP contribution in [-0.4, -0.2) is 68.2 Å². The van der Waals surface area contributed by atoms with Gasteiger partial charge in [-0.3, -0.25) is 9.89 Å². The first kappa shape index (κ1) is 17.7. The molecule has 24 heavy (non-hydrogen) atoms. The van der Waals surface area contributed by atoms with Crippen LogP contribution in [0.3, 0.4) is 0 Å². The topological polar surface area (TPSA) is 40.1 Å². The molecule has 3 heterocycles. The number of aryl methyl sites for hydroxylation is 1. The van der Waals surface area contributed by atoms with E-state index in [0.717, 1.165) is 58.4 Å². The number of hydrogen-bond acceptors (Lipinski definition) is 4. The normalized spacial score (nSPS) is 21.2. The summed E-state index contributed by atoms with van der Waals surface area (Å²) in [6, 6.07) is 4.87. The molecule has 1 atom stereocenters. The summed E-state index contributed by atoms with van der Waals surface area (Å²) in [7, 11) is 0. The van der Waals surface area contributed by atoms with Gasteiger partial charge in [0.1, 0.15) is 0 Å². The third-order valence-corrected chi connectivity index (χ3v) is 5.83. The summed E-state index contributed by atoms with van der Waals surface area (Å²) in [6.07, 6.45) is 2.56. The maximum atomic E-state index is 5.54. The summed E-state index contributed by atoms with van der Waals surface area (Å²) in [5.74, 6) is 1.08. The summed E-state index contributed by atoms with van der Waals surface area (Å²) in [5, 5.41) is 3.48. The number of thiophene rings is 1. The van der Waals surface area contributed by atoms with Crippen LogP contribution in [0.5, 0.6) is 0 Å². The highest BCUT2D eigenvalue weighted by Gasteiger charge is 2.24. The minimum atomic E-state index is 0.365. The van der Waals surface area contributed by atoms with Gasteiger partial charge >= 0.3 is 0 Å². The summed E-state index contributed by atoms with van der Waals surface area (Å²) in [5.41, 5.74) is 0. The number of hydrogen-bond donors (Lipinski definition) is 1. The summed E-state index contributed by atoms with van der Waals surface area (Å²) in [6.45, 7) is 12.0. The second-order valence-electron chi connectivity index (χ2n) is 6.50. The van der Waals surface area contributed by atoms with Crippen LogP contribution >= 0.6 is 11.3 Å². The van der Waals surface area contributed by atoms with Crippen molar-refractivity contribution in [1.82, 2.24) is 15.1 Å². The lowest BCUT2D eigenvalue weighted by Crippen LogP contribution is -2.42. The average molecular weight is 351 g/mol. The Morgan fingerprint density at radius 2 is 2.00 bits per heavy atom. The zero-order valence-corrected chi connectivity index (χ0v) is 15.8. The molecule has 0 amide bonds. The number of rotatable bonds is 5. The number of guanidine groups is 1. The van der Waals surface area contributed by atoms with Crippen molar-refractivity contribution in [2.45, 2.75) is 32.7 Å². The summed E-state index contributed by atoms with van der Waals surface area (Å²) in [4.78, 5) is 12.7. The van der Waals surface area contributed by atoms with E-state index in [4.69, 9.17) is 9.73 Å². The summed E-state index contributed by atoms with van der Waals surface area (Å²) < 4.78 is 5.54. The Bertz CT molecular complexity index is 533. The van der Waals surface area contributed by atoms with Gasteiger partial charge in [0, 0.05) is 42.5 Å². The Morgan fingerprint density at radius 1 is 1.25 bits per heavy atom. The predicted molar refractivity (Wildman–Crippen MR) is 101 cm³/mol. The molecule has 1 unspecified atom stereocenters. The largest absolute Gasteiger partial charge is 0.379 e. The van der Waals surface area contributed by atoms with E-state index in [1.807, 2.05) is 11.3 Å². The van der Waals surface area contributed by atoms with Gasteiger partial charge in [-0.1, -0.05) is 0 Å². The molecule has 1 aromatic rings. The molecule has 2 aliphatic rings. The first-order valence-corrected chi connectivity index (χ1v) is 10.0. The highest BCUT2D eigenvalue weighted by Crippen LogP contribution is 2.28. The lowest BCUT2D eigenvalue weighted by atomic mass is 10.2. The molecule has 2 saturated heterocycles. The van der Waals surface area contributed by atoms with E-state index in [2.05, 4.69) is 41.1 Å². The predicted octanol–water partition coefficient (Wildman–Crippen LogP) is 2.49. The van der Waals surface area contributed by atoms with Crippen molar-refractivity contribution in [2.75, 3.05) is 52.5 Å². The number of aliphatic imine (C=N–C) groups is 1. The van der Waals surface area contributed by atoms with E-state index in [0.29, 0.717) is 6.04 Å². The Morgan fingerprint density at radius 3 is 2.62 bits per heavy atom. The highest BCUT2D eigenvalue weighted by molar-refractivity contribution is 7.12. The van der Waals surface area contributed by atoms with Crippen LogP contribution in [0.15, 0.2) is 17.1 Å². The molecule has 1 aromatic heterocycles. The van der Waals surface area contributed by atoms with Gasteiger partial charge in [-0.2, -0.15) is 0 Å². The Labute approximate surface area is 149 Å². The smallest absolute Gasteiger partial charge is 0.193 e. The van der Waals surface area contributed by atoms with E-state index >= 15 is 0 Å². The molecule has 6 heteroatoms. The van der Waals surface area contributed by atoms with E-state index in [-0.39, 0.29) is 0 Å². The lowest BCUT2D eigenvalue weighted by Gasteiger charge is -2.33. The first-order chi connectivity index (χ1) is 11.8. The molecule has 5 nitrogen and oxygen atoms in total. The van der Waals surface area contributed by atoms with Crippen LogP contribution < -0.4 is 5.32 Å². The van der Waals surface area contributed by atoms with E-state index < -0.39 is 0 Å². The van der Waals surface area contributed by atoms with Gasteiger partial charge in [0.2, 0.25) is 0 Å². The summed E-state index contributed by atoms with van der Waals surface area (Å²) >= 11 is 1.90. The molecule has 2 fully saturated rings. The van der Waals surface area contributed by atoms with Crippen LogP contribution in [0.1, 0.15) is 35.6 Å². The average Bonchev–Trinajstić information content (AvgIpc) is 3.27. The monoisotopic (exact) mass is 350 g/mol. The Balaban J connectivity index is 1.75. The van der Waals surface area contributed by atoms with Crippen LogP contribution in [0.2, 0.25) is 0 Å². The molecule has 0 aliphatic carbocycles. The fraction of sp³-hybridized carbons (Fsp3) is 0.722. The van der Waals surface area contributed by atoms with Crippen LogP contribution in [0, 0.1) is 6.92 Å². The Hall–Kier alpha value is -1.11. The van der Waals surface area contributed by atoms with Gasteiger partial charge in [-0.05, 0) is 38.8 Å². The Kier molecular flexibility index (Phi) is 6.51. The maximum absolute atomic E-state index is 5.54. The molecule has 0 saturated carbocycles. The molecule has 1 N–H and O–H groups in total. The van der Waals surface area contributed by atoms with Crippen molar-refractivity contribution in [3.63, 3.8) is 0 Å². The van der Waals surface area contributed by atoms with Gasteiger partial charge in [0.15, 0.2) is 5.96 Å². The molecule has 0 aromatic carbocycles. The van der Waals surface area contributed by atoms with E-state index in [1.165, 1.54) is 22.6 Å². The molecule has 3 rings (SSSR count). The quantitative estimate of drug-likeness (QED) is 0.654. The van der Waals surface area contributed by atoms with E-state index in [9.17, 15) is 0 Å². The van der Waals surface area contributed by atoms with Crippen molar-refractivity contribution >= 4 is 17.3 Å². The third-order valence-electron chi connectivity index (χ3n) is 4.73. The SMILES string of the molecule is CCNC(=NCC(c1ccc(C)s1)N1CCOCC1)N1CCCC1. The molecular formula is C18H30N4OS. The standard InChI is InChI=1S/C18H30N4OS/c1-3-19-18(22-8-4-5-9-22)20-14-16(17-7-6-15(2)24-17)21-10-12-23-13-11-21/h6-7,16H,3-5,8-14H2,1-2H3,(H,19,20). The third kappa shape index (κ3) is 4.49. The zero-order chi connectivity index (χ0) is 16.8. The van der Waals surface area contributed by atoms with Gasteiger partial charge < -0.3 is 15.0 Å². The van der Waals surface area contributed by atoms with Gasteiger partial charge in [0.05, 0.1) is 25.8 Å². The van der Waals surface area contributed by atoms with Gasteiger partial charge in [0.25, 0.3) is 0 Å². The second-order valence-corrected chi connectivity index (χ2v) is 7.82. The first-order valence-electron chi connectivity index (χ1n) is 9.19. The minimum absolute atomic E-state index is 0.365. The molecule has 0 radical (unpaired) electrons. The van der Waals surface area contributed by atoms with Crippen LogP contribution in [-0.2, 0) is 4.74 Å². The molecular weight excluding hydrogens is 320 g/mol. The minimum Gasteiger partial charge on any atom is -0.379 e. The number of nitrogens with zero attached hydrogens (tertiary/aromatic N) is 3. The lowest BCUT2D eigenvalue weighted by molar-refractivity contribution is 0.0186. The fourth-order valence-corrected chi connectivity index (χ4v) is 4.44. The number of ether oxygens (including phenoxy) is 1. The van der Waals surface area contributed by atoms with Gasteiger partial charge in [-0.25, -0.2) is 0 Å². The van der Waals surface area contributed by atoms with Crippen LogP contribution in [0.4, 0.5) is 0 Å². The number of morpholine rings is 1. The number of nitrogens with one attached hydrogen (secondary N) is 1. The van der Waals surface area contributed by atoms with Gasteiger partial charge in [-0.15, -0.1) is 11.3 Å². The molecule has 2 aliphatic heterocycles. The fourth-order valence-electron chi connectivity index (χ4n) is 3.43. The molecule has 0 bridgehead atoms. The van der Waals surface area contributed by atoms with Crippen molar-refractivity contribution in [3.05, 3.63) is 21.9 Å². The second kappa shape index (κ2) is 8.83. The molecule has 134 valence electrons. The highest BCUT2D eigenvalue weighted by atomic mass is 32.1.